The SMILES string of the molecule is Cc1c(Br)c(C2C=Cc3ccccc32)cc2ccccc12. The van der Waals surface area contributed by atoms with Gasteiger partial charge in [-0.15, -0.1) is 0 Å². The van der Waals surface area contributed by atoms with Crippen LogP contribution >= 0.6 is 15.9 Å². The van der Waals surface area contributed by atoms with Gasteiger partial charge >= 0.3 is 0 Å². The van der Waals surface area contributed by atoms with Crippen LogP contribution in [0.5, 0.6) is 0 Å². The Morgan fingerprint density at radius 3 is 2.57 bits per heavy atom. The van der Waals surface area contributed by atoms with Crippen molar-refractivity contribution in [3.63, 3.8) is 0 Å². The molecule has 0 saturated carbocycles. The van der Waals surface area contributed by atoms with E-state index in [1.165, 1.54) is 37.5 Å². The predicted molar refractivity (Wildman–Crippen MR) is 93.7 cm³/mol. The van der Waals surface area contributed by atoms with Crippen LogP contribution in [0.2, 0.25) is 0 Å². The standard InChI is InChI=1S/C20H15Br/c1-13-16-8-4-3-7-15(16)12-19(20(13)21)18-11-10-14-6-2-5-9-17(14)18/h2-12,18H,1H3. The summed E-state index contributed by atoms with van der Waals surface area (Å²) in [6.45, 7) is 2.19. The van der Waals surface area contributed by atoms with Crippen molar-refractivity contribution in [2.24, 2.45) is 0 Å². The van der Waals surface area contributed by atoms with Crippen molar-refractivity contribution in [2.75, 3.05) is 0 Å². The number of aryl methyl sites for hydroxylation is 1. The maximum absolute atomic E-state index is 3.83. The lowest BCUT2D eigenvalue weighted by molar-refractivity contribution is 1.04. The number of hydrogen-bond donors (Lipinski definition) is 0. The maximum atomic E-state index is 3.83. The molecule has 0 bridgehead atoms. The van der Waals surface area contributed by atoms with Gasteiger partial charge in [0.15, 0.2) is 0 Å². The van der Waals surface area contributed by atoms with Crippen LogP contribution in [0.15, 0.2) is 65.1 Å². The molecule has 102 valence electrons. The highest BCUT2D eigenvalue weighted by molar-refractivity contribution is 9.10. The second-order valence-corrected chi connectivity index (χ2v) is 6.38. The zero-order chi connectivity index (χ0) is 14.4. The molecule has 1 aliphatic rings. The molecule has 0 amide bonds. The van der Waals surface area contributed by atoms with Gasteiger partial charge in [0.2, 0.25) is 0 Å². The summed E-state index contributed by atoms with van der Waals surface area (Å²) in [5.41, 5.74) is 5.40. The van der Waals surface area contributed by atoms with E-state index in [1.807, 2.05) is 0 Å². The largest absolute Gasteiger partial charge is 0.0720 e. The number of hydrogen-bond acceptors (Lipinski definition) is 0. The third kappa shape index (κ3) is 1.96. The molecule has 0 nitrogen and oxygen atoms in total. The minimum absolute atomic E-state index is 0.346. The molecule has 21 heavy (non-hydrogen) atoms. The van der Waals surface area contributed by atoms with Crippen LogP contribution in [0.1, 0.15) is 28.2 Å². The summed E-state index contributed by atoms with van der Waals surface area (Å²) in [6, 6.07) is 19.6. The van der Waals surface area contributed by atoms with E-state index in [0.717, 1.165) is 0 Å². The molecule has 3 aromatic carbocycles. The third-order valence-corrected chi connectivity index (χ3v) is 5.45. The first-order valence-electron chi connectivity index (χ1n) is 7.20. The monoisotopic (exact) mass is 334 g/mol. The molecule has 1 heteroatoms. The lowest BCUT2D eigenvalue weighted by atomic mass is 9.90. The van der Waals surface area contributed by atoms with Gasteiger partial charge in [0.1, 0.15) is 0 Å². The summed E-state index contributed by atoms with van der Waals surface area (Å²) in [6.07, 6.45) is 4.54. The highest BCUT2D eigenvalue weighted by Gasteiger charge is 2.22. The minimum Gasteiger partial charge on any atom is -0.0720 e. The van der Waals surface area contributed by atoms with Crippen molar-refractivity contribution < 1.29 is 0 Å². The maximum Gasteiger partial charge on any atom is 0.0290 e. The van der Waals surface area contributed by atoms with Crippen LogP contribution in [0, 0.1) is 6.92 Å². The summed E-state index contributed by atoms with van der Waals surface area (Å²) in [4.78, 5) is 0. The van der Waals surface area contributed by atoms with Crippen molar-refractivity contribution in [1.29, 1.82) is 0 Å². The highest BCUT2D eigenvalue weighted by atomic mass is 79.9. The second kappa shape index (κ2) is 4.85. The Morgan fingerprint density at radius 2 is 1.67 bits per heavy atom. The van der Waals surface area contributed by atoms with Crippen LogP contribution in [-0.2, 0) is 0 Å². The molecule has 0 fully saturated rings. The van der Waals surface area contributed by atoms with Crippen molar-refractivity contribution in [3.05, 3.63) is 87.4 Å². The summed E-state index contributed by atoms with van der Waals surface area (Å²) >= 11 is 3.83. The van der Waals surface area contributed by atoms with Gasteiger partial charge in [-0.25, -0.2) is 0 Å². The fourth-order valence-corrected chi connectivity index (χ4v) is 3.85. The summed E-state index contributed by atoms with van der Waals surface area (Å²) in [7, 11) is 0. The molecule has 0 heterocycles. The van der Waals surface area contributed by atoms with Crippen LogP contribution in [0.3, 0.4) is 0 Å². The van der Waals surface area contributed by atoms with Gasteiger partial charge < -0.3 is 0 Å². The zero-order valence-electron chi connectivity index (χ0n) is 11.8. The Balaban J connectivity index is 1.96. The number of allylic oxidation sites excluding steroid dienone is 1. The zero-order valence-corrected chi connectivity index (χ0v) is 13.4. The normalized spacial score (nSPS) is 16.4. The third-order valence-electron chi connectivity index (χ3n) is 4.39. The molecule has 1 unspecified atom stereocenters. The average molecular weight is 335 g/mol. The molecule has 0 aliphatic heterocycles. The van der Waals surface area contributed by atoms with E-state index in [-0.39, 0.29) is 0 Å². The first-order chi connectivity index (χ1) is 10.3. The molecule has 1 aliphatic carbocycles. The smallest absolute Gasteiger partial charge is 0.0290 e. The van der Waals surface area contributed by atoms with Gasteiger partial charge in [-0.05, 0) is 46.0 Å². The second-order valence-electron chi connectivity index (χ2n) is 5.59. The predicted octanol–water partition coefficient (Wildman–Crippen LogP) is 6.07. The first kappa shape index (κ1) is 12.8. The molecule has 1 atom stereocenters. The molecule has 3 aromatic rings. The van der Waals surface area contributed by atoms with Gasteiger partial charge in [-0.1, -0.05) is 76.6 Å². The Labute approximate surface area is 133 Å². The molecule has 0 saturated heterocycles. The molecule has 0 radical (unpaired) electrons. The summed E-state index contributed by atoms with van der Waals surface area (Å²) < 4.78 is 1.23. The van der Waals surface area contributed by atoms with Gasteiger partial charge in [-0.3, -0.25) is 0 Å². The van der Waals surface area contributed by atoms with Gasteiger partial charge in [0, 0.05) is 10.4 Å². The minimum atomic E-state index is 0.346. The van der Waals surface area contributed by atoms with Crippen molar-refractivity contribution in [2.45, 2.75) is 12.8 Å². The van der Waals surface area contributed by atoms with E-state index in [0.29, 0.717) is 5.92 Å². The van der Waals surface area contributed by atoms with Crippen LogP contribution in [-0.4, -0.2) is 0 Å². The number of halogens is 1. The van der Waals surface area contributed by atoms with Crippen LogP contribution < -0.4 is 0 Å². The van der Waals surface area contributed by atoms with Crippen molar-refractivity contribution in [1.82, 2.24) is 0 Å². The molecular weight excluding hydrogens is 320 g/mol. The molecular formula is C20H15Br. The van der Waals surface area contributed by atoms with E-state index >= 15 is 0 Å². The summed E-state index contributed by atoms with van der Waals surface area (Å²) in [5, 5.41) is 2.63. The van der Waals surface area contributed by atoms with Crippen LogP contribution in [0.4, 0.5) is 0 Å². The van der Waals surface area contributed by atoms with E-state index < -0.39 is 0 Å². The highest BCUT2D eigenvalue weighted by Crippen LogP contribution is 2.41. The van der Waals surface area contributed by atoms with Gasteiger partial charge in [-0.2, -0.15) is 0 Å². The van der Waals surface area contributed by atoms with E-state index in [9.17, 15) is 0 Å². The Hall–Kier alpha value is -1.86. The average Bonchev–Trinajstić information content (AvgIpc) is 2.95. The quantitative estimate of drug-likeness (QED) is 0.506. The molecule has 0 N–H and O–H groups in total. The van der Waals surface area contributed by atoms with Crippen molar-refractivity contribution >= 4 is 32.8 Å². The van der Waals surface area contributed by atoms with Crippen LogP contribution in [0.25, 0.3) is 16.8 Å². The fraction of sp³-hybridized carbons (Fsp3) is 0.100. The summed E-state index contributed by atoms with van der Waals surface area (Å²) in [5.74, 6) is 0.346. The van der Waals surface area contributed by atoms with Crippen molar-refractivity contribution in [3.8, 4) is 0 Å². The van der Waals surface area contributed by atoms with E-state index in [1.54, 1.807) is 0 Å². The molecule has 0 spiro atoms. The Bertz CT molecular complexity index is 874. The van der Waals surface area contributed by atoms with Gasteiger partial charge in [0.25, 0.3) is 0 Å². The number of rotatable bonds is 1. The lowest BCUT2D eigenvalue weighted by Crippen LogP contribution is -1.99. The van der Waals surface area contributed by atoms with Gasteiger partial charge in [0.05, 0.1) is 0 Å². The van der Waals surface area contributed by atoms with E-state index in [2.05, 4.69) is 89.6 Å². The fourth-order valence-electron chi connectivity index (χ4n) is 3.28. The lowest BCUT2D eigenvalue weighted by Gasteiger charge is -2.17. The Kier molecular flexibility index (Phi) is 2.97. The molecule has 4 rings (SSSR count). The number of benzene rings is 3. The first-order valence-corrected chi connectivity index (χ1v) is 8.00. The number of fused-ring (bicyclic) bond motifs is 2. The van der Waals surface area contributed by atoms with E-state index in [4.69, 9.17) is 0 Å². The Morgan fingerprint density at radius 1 is 0.905 bits per heavy atom. The topological polar surface area (TPSA) is 0 Å². The molecule has 0 aromatic heterocycles.